The molecule has 0 saturated carbocycles. The van der Waals surface area contributed by atoms with E-state index in [0.717, 1.165) is 12.2 Å². The van der Waals surface area contributed by atoms with Crippen LogP contribution in [0.2, 0.25) is 0 Å². The maximum Gasteiger partial charge on any atom is 0.337 e. The molecule has 0 aliphatic heterocycles. The van der Waals surface area contributed by atoms with E-state index >= 15 is 0 Å². The molecule has 21 heavy (non-hydrogen) atoms. The maximum absolute atomic E-state index is 11.5. The van der Waals surface area contributed by atoms with Gasteiger partial charge in [-0.1, -0.05) is 18.2 Å². The van der Waals surface area contributed by atoms with Gasteiger partial charge >= 0.3 is 5.97 Å². The summed E-state index contributed by atoms with van der Waals surface area (Å²) in [5.41, 5.74) is 6.61. The van der Waals surface area contributed by atoms with E-state index in [1.165, 1.54) is 29.4 Å². The highest BCUT2D eigenvalue weighted by molar-refractivity contribution is 5.90. The zero-order valence-electron chi connectivity index (χ0n) is 13.0. The summed E-state index contributed by atoms with van der Waals surface area (Å²) in [4.78, 5) is 11.5. The number of aryl methyl sites for hydroxylation is 3. The third-order valence-corrected chi connectivity index (χ3v) is 3.72. The van der Waals surface area contributed by atoms with Crippen molar-refractivity contribution in [3.63, 3.8) is 0 Å². The number of rotatable bonds is 4. The Bertz CT molecular complexity index is 662. The van der Waals surface area contributed by atoms with E-state index in [1.54, 1.807) is 6.07 Å². The molecule has 0 aromatic heterocycles. The van der Waals surface area contributed by atoms with Gasteiger partial charge in [0.15, 0.2) is 0 Å². The van der Waals surface area contributed by atoms with E-state index in [9.17, 15) is 4.79 Å². The molecule has 1 N–H and O–H groups in total. The van der Waals surface area contributed by atoms with Crippen molar-refractivity contribution in [2.45, 2.75) is 27.3 Å². The van der Waals surface area contributed by atoms with Crippen molar-refractivity contribution < 1.29 is 9.53 Å². The lowest BCUT2D eigenvalue weighted by molar-refractivity contribution is 0.0601. The molecule has 0 aliphatic rings. The lowest BCUT2D eigenvalue weighted by Gasteiger charge is -2.12. The number of ether oxygens (including phenoxy) is 1. The van der Waals surface area contributed by atoms with Crippen molar-refractivity contribution in [2.24, 2.45) is 0 Å². The predicted molar refractivity (Wildman–Crippen MR) is 85.8 cm³/mol. The number of hydrogen-bond donors (Lipinski definition) is 1. The zero-order valence-corrected chi connectivity index (χ0v) is 13.0. The first kappa shape index (κ1) is 15.1. The molecule has 0 bridgehead atoms. The third-order valence-electron chi connectivity index (χ3n) is 3.72. The predicted octanol–water partition coefficient (Wildman–Crippen LogP) is 4.01. The van der Waals surface area contributed by atoms with Crippen LogP contribution in [0.4, 0.5) is 5.69 Å². The Morgan fingerprint density at radius 1 is 1.05 bits per heavy atom. The standard InChI is InChI=1S/C18H21NO2/c1-12-8-14(3)16(9-13(12)2)11-19-17-7-5-6-15(10-17)18(20)21-4/h5-10,19H,11H2,1-4H3. The molecular formula is C18H21NO2. The second kappa shape index (κ2) is 6.44. The Morgan fingerprint density at radius 3 is 2.48 bits per heavy atom. The van der Waals surface area contributed by atoms with Crippen LogP contribution in [0, 0.1) is 20.8 Å². The number of hydrogen-bond acceptors (Lipinski definition) is 3. The summed E-state index contributed by atoms with van der Waals surface area (Å²) in [7, 11) is 1.39. The van der Waals surface area contributed by atoms with Crippen LogP contribution in [0.25, 0.3) is 0 Å². The molecule has 0 atom stereocenters. The van der Waals surface area contributed by atoms with E-state index < -0.39 is 0 Å². The smallest absolute Gasteiger partial charge is 0.337 e. The SMILES string of the molecule is COC(=O)c1cccc(NCc2cc(C)c(C)cc2C)c1. The van der Waals surface area contributed by atoms with Gasteiger partial charge in [0.25, 0.3) is 0 Å². The number of anilines is 1. The molecule has 2 rings (SSSR count). The quantitative estimate of drug-likeness (QED) is 0.862. The fourth-order valence-electron chi connectivity index (χ4n) is 2.28. The van der Waals surface area contributed by atoms with Gasteiger partial charge in [-0.2, -0.15) is 0 Å². The van der Waals surface area contributed by atoms with Crippen LogP contribution < -0.4 is 5.32 Å². The molecule has 3 nitrogen and oxygen atoms in total. The Labute approximate surface area is 126 Å². The molecule has 110 valence electrons. The van der Waals surface area contributed by atoms with Gasteiger partial charge in [-0.3, -0.25) is 0 Å². The lowest BCUT2D eigenvalue weighted by Crippen LogP contribution is -2.05. The minimum absolute atomic E-state index is 0.319. The molecule has 3 heteroatoms. The van der Waals surface area contributed by atoms with E-state index in [0.29, 0.717) is 5.56 Å². The highest BCUT2D eigenvalue weighted by Crippen LogP contribution is 2.18. The lowest BCUT2D eigenvalue weighted by atomic mass is 10.0. The number of carbonyl (C=O) groups is 1. The first-order valence-electron chi connectivity index (χ1n) is 7.00. The normalized spacial score (nSPS) is 10.3. The van der Waals surface area contributed by atoms with Crippen LogP contribution in [0.1, 0.15) is 32.6 Å². The molecule has 0 radical (unpaired) electrons. The van der Waals surface area contributed by atoms with Crippen LogP contribution in [0.15, 0.2) is 36.4 Å². The second-order valence-electron chi connectivity index (χ2n) is 5.29. The van der Waals surface area contributed by atoms with Crippen molar-refractivity contribution in [1.29, 1.82) is 0 Å². The van der Waals surface area contributed by atoms with Gasteiger partial charge in [-0.25, -0.2) is 4.79 Å². The summed E-state index contributed by atoms with van der Waals surface area (Å²) in [6.45, 7) is 7.10. The molecule has 0 fully saturated rings. The number of benzene rings is 2. The minimum Gasteiger partial charge on any atom is -0.465 e. The molecule has 2 aromatic rings. The Hall–Kier alpha value is -2.29. The number of nitrogens with one attached hydrogen (secondary N) is 1. The maximum atomic E-state index is 11.5. The first-order chi connectivity index (χ1) is 10.0. The average Bonchev–Trinajstić information content (AvgIpc) is 2.49. The molecule has 0 saturated heterocycles. The number of methoxy groups -OCH3 is 1. The zero-order chi connectivity index (χ0) is 15.4. The van der Waals surface area contributed by atoms with E-state index in [4.69, 9.17) is 4.74 Å². The van der Waals surface area contributed by atoms with Crippen LogP contribution in [0.5, 0.6) is 0 Å². The average molecular weight is 283 g/mol. The Kier molecular flexibility index (Phi) is 4.63. The fourth-order valence-corrected chi connectivity index (χ4v) is 2.28. The summed E-state index contributed by atoms with van der Waals surface area (Å²) < 4.78 is 4.74. The van der Waals surface area contributed by atoms with Crippen molar-refractivity contribution in [3.8, 4) is 0 Å². The highest BCUT2D eigenvalue weighted by Gasteiger charge is 2.06. The molecule has 2 aromatic carbocycles. The highest BCUT2D eigenvalue weighted by atomic mass is 16.5. The minimum atomic E-state index is -0.319. The van der Waals surface area contributed by atoms with E-state index in [2.05, 4.69) is 38.2 Å². The van der Waals surface area contributed by atoms with Gasteiger partial charge in [0.1, 0.15) is 0 Å². The van der Waals surface area contributed by atoms with Gasteiger partial charge in [0.05, 0.1) is 12.7 Å². The topological polar surface area (TPSA) is 38.3 Å². The summed E-state index contributed by atoms with van der Waals surface area (Å²) in [6, 6.07) is 11.8. The van der Waals surface area contributed by atoms with Gasteiger partial charge in [0, 0.05) is 12.2 Å². The van der Waals surface area contributed by atoms with Crippen molar-refractivity contribution in [2.75, 3.05) is 12.4 Å². The van der Waals surface area contributed by atoms with Crippen molar-refractivity contribution in [3.05, 3.63) is 64.2 Å². The third kappa shape index (κ3) is 3.63. The van der Waals surface area contributed by atoms with Gasteiger partial charge in [-0.05, 0) is 61.2 Å². The van der Waals surface area contributed by atoms with Crippen molar-refractivity contribution >= 4 is 11.7 Å². The first-order valence-corrected chi connectivity index (χ1v) is 7.00. The monoisotopic (exact) mass is 283 g/mol. The van der Waals surface area contributed by atoms with E-state index in [-0.39, 0.29) is 5.97 Å². The molecule has 0 unspecified atom stereocenters. The van der Waals surface area contributed by atoms with Crippen molar-refractivity contribution in [1.82, 2.24) is 0 Å². The molecular weight excluding hydrogens is 262 g/mol. The van der Waals surface area contributed by atoms with E-state index in [1.807, 2.05) is 18.2 Å². The van der Waals surface area contributed by atoms with Gasteiger partial charge in [-0.15, -0.1) is 0 Å². The molecule has 0 aliphatic carbocycles. The van der Waals surface area contributed by atoms with Gasteiger partial charge in [0.2, 0.25) is 0 Å². The van der Waals surface area contributed by atoms with Crippen LogP contribution in [-0.2, 0) is 11.3 Å². The number of esters is 1. The largest absolute Gasteiger partial charge is 0.465 e. The summed E-state index contributed by atoms with van der Waals surface area (Å²) >= 11 is 0. The van der Waals surface area contributed by atoms with Crippen LogP contribution in [0.3, 0.4) is 0 Å². The van der Waals surface area contributed by atoms with Crippen LogP contribution in [-0.4, -0.2) is 13.1 Å². The van der Waals surface area contributed by atoms with Crippen LogP contribution >= 0.6 is 0 Å². The number of carbonyl (C=O) groups excluding carboxylic acids is 1. The molecule has 0 heterocycles. The summed E-state index contributed by atoms with van der Waals surface area (Å²) in [5, 5.41) is 3.36. The fraction of sp³-hybridized carbons (Fsp3) is 0.278. The Morgan fingerprint density at radius 2 is 1.76 bits per heavy atom. The molecule has 0 amide bonds. The summed E-state index contributed by atoms with van der Waals surface area (Å²) in [6.07, 6.45) is 0. The Balaban J connectivity index is 2.13. The second-order valence-corrected chi connectivity index (χ2v) is 5.29. The summed E-state index contributed by atoms with van der Waals surface area (Å²) in [5.74, 6) is -0.319. The molecule has 0 spiro atoms. The van der Waals surface area contributed by atoms with Gasteiger partial charge < -0.3 is 10.1 Å².